The van der Waals surface area contributed by atoms with Crippen molar-refractivity contribution >= 4 is 5.97 Å². The molecule has 1 N–H and O–H groups in total. The lowest BCUT2D eigenvalue weighted by Crippen LogP contribution is -2.34. The molecular weight excluding hydrogens is 356 g/mol. The number of aliphatic hydroxyl groups is 1. The Morgan fingerprint density at radius 2 is 1.88 bits per heavy atom. The van der Waals surface area contributed by atoms with E-state index in [-0.39, 0.29) is 39.5 Å². The smallest absolute Gasteiger partial charge is 0.308 e. The standard InChI is InChI=1S/C12H18N2O10.C2H6/c15-8-5-20-12-9(6-21-11(8)12)23-10(16)1-2-19-3-7(24-14-18)4-22-13-17;1-2/h7-9,11-12,15H,1-6H2;1-2H3/t7?,8?,9?,11-,12-;/m1./s1. The maximum atomic E-state index is 11.8. The van der Waals surface area contributed by atoms with Crippen LogP contribution in [-0.2, 0) is 33.4 Å². The second-order valence-electron chi connectivity index (χ2n) is 5.19. The van der Waals surface area contributed by atoms with Gasteiger partial charge in [0.1, 0.15) is 18.3 Å². The summed E-state index contributed by atoms with van der Waals surface area (Å²) in [7, 11) is 0. The van der Waals surface area contributed by atoms with E-state index < -0.39 is 36.5 Å². The first-order valence-corrected chi connectivity index (χ1v) is 8.27. The minimum atomic E-state index is -0.909. The van der Waals surface area contributed by atoms with Gasteiger partial charge in [-0.05, 0) is 0 Å². The Balaban J connectivity index is 0.00000163. The lowest BCUT2D eigenvalue weighted by Gasteiger charge is -2.16. The molecule has 0 aromatic heterocycles. The Labute approximate surface area is 149 Å². The van der Waals surface area contributed by atoms with Crippen molar-refractivity contribution in [2.24, 2.45) is 10.7 Å². The van der Waals surface area contributed by atoms with Gasteiger partial charge in [0.25, 0.3) is 0 Å². The van der Waals surface area contributed by atoms with E-state index in [1.165, 1.54) is 0 Å². The Hall–Kier alpha value is -1.89. The molecule has 0 aromatic carbocycles. The predicted octanol–water partition coefficient (Wildman–Crippen LogP) is 0.254. The first-order chi connectivity index (χ1) is 12.7. The summed E-state index contributed by atoms with van der Waals surface area (Å²) in [6.07, 6.45) is -3.18. The van der Waals surface area contributed by atoms with Gasteiger partial charge in [-0.15, -0.1) is 9.81 Å². The van der Waals surface area contributed by atoms with Gasteiger partial charge in [-0.3, -0.25) is 4.79 Å². The van der Waals surface area contributed by atoms with Crippen LogP contribution in [0, 0.1) is 9.81 Å². The Morgan fingerprint density at radius 3 is 2.58 bits per heavy atom. The van der Waals surface area contributed by atoms with E-state index in [1.54, 1.807) is 0 Å². The number of carbonyl (C=O) groups is 1. The molecule has 0 spiro atoms. The summed E-state index contributed by atoms with van der Waals surface area (Å²) in [6, 6.07) is 0. The van der Waals surface area contributed by atoms with Gasteiger partial charge >= 0.3 is 5.97 Å². The molecule has 0 radical (unpaired) electrons. The third kappa shape index (κ3) is 6.78. The zero-order chi connectivity index (χ0) is 19.4. The normalized spacial score (nSPS) is 27.5. The number of ether oxygens (including phenoxy) is 4. The van der Waals surface area contributed by atoms with Gasteiger partial charge in [-0.2, -0.15) is 0 Å². The highest BCUT2D eigenvalue weighted by Gasteiger charge is 2.48. The van der Waals surface area contributed by atoms with Crippen LogP contribution in [0.3, 0.4) is 0 Å². The maximum absolute atomic E-state index is 11.8. The molecule has 0 bridgehead atoms. The number of fused-ring (bicyclic) bond motifs is 1. The minimum Gasteiger partial charge on any atom is -0.457 e. The summed E-state index contributed by atoms with van der Waals surface area (Å²) in [5.41, 5.74) is 0. The van der Waals surface area contributed by atoms with Crippen molar-refractivity contribution in [3.05, 3.63) is 9.81 Å². The summed E-state index contributed by atoms with van der Waals surface area (Å²) in [4.78, 5) is 40.1. The molecule has 12 nitrogen and oxygen atoms in total. The third-order valence-electron chi connectivity index (χ3n) is 3.52. The maximum Gasteiger partial charge on any atom is 0.308 e. The summed E-state index contributed by atoms with van der Waals surface area (Å²) < 4.78 is 21.0. The molecule has 0 aliphatic carbocycles. The van der Waals surface area contributed by atoms with Crippen molar-refractivity contribution in [2.75, 3.05) is 33.0 Å². The highest BCUT2D eigenvalue weighted by molar-refractivity contribution is 5.69. The fourth-order valence-electron chi connectivity index (χ4n) is 2.43. The molecule has 5 atom stereocenters. The van der Waals surface area contributed by atoms with E-state index in [0.29, 0.717) is 0 Å². The van der Waals surface area contributed by atoms with Crippen LogP contribution in [0.15, 0.2) is 10.7 Å². The van der Waals surface area contributed by atoms with Crippen molar-refractivity contribution in [3.63, 3.8) is 0 Å². The number of esters is 1. The molecule has 2 fully saturated rings. The van der Waals surface area contributed by atoms with Gasteiger partial charge in [-0.1, -0.05) is 13.8 Å². The van der Waals surface area contributed by atoms with Crippen molar-refractivity contribution in [1.29, 1.82) is 0 Å². The Morgan fingerprint density at radius 1 is 1.15 bits per heavy atom. The van der Waals surface area contributed by atoms with Gasteiger partial charge in [-0.25, -0.2) is 0 Å². The number of carbonyl (C=O) groups excluding carboxylic acids is 1. The fraction of sp³-hybridized carbons (Fsp3) is 0.929. The van der Waals surface area contributed by atoms with Crippen LogP contribution in [0.2, 0.25) is 0 Å². The van der Waals surface area contributed by atoms with E-state index in [2.05, 4.69) is 20.4 Å². The lowest BCUT2D eigenvalue weighted by molar-refractivity contribution is -0.155. The van der Waals surface area contributed by atoms with Gasteiger partial charge in [0, 0.05) is 0 Å². The summed E-state index contributed by atoms with van der Waals surface area (Å²) in [5.74, 6) is -0.522. The molecule has 0 aromatic rings. The third-order valence-corrected chi connectivity index (χ3v) is 3.52. The summed E-state index contributed by atoms with van der Waals surface area (Å²) in [6.45, 7) is 3.88. The number of aliphatic hydroxyl groups excluding tert-OH is 1. The molecule has 12 heteroatoms. The average Bonchev–Trinajstić information content (AvgIpc) is 3.22. The van der Waals surface area contributed by atoms with Crippen molar-refractivity contribution in [1.82, 2.24) is 0 Å². The van der Waals surface area contributed by atoms with E-state index >= 15 is 0 Å². The van der Waals surface area contributed by atoms with Crippen LogP contribution in [0.1, 0.15) is 20.3 Å². The SMILES string of the molecule is CC.O=NOCC(COCCC(=O)OC1CO[C@@H]2C(O)CO[C@H]12)ON=O. The summed E-state index contributed by atoms with van der Waals surface area (Å²) in [5, 5.41) is 14.0. The molecular formula is C14H24N2O10. The first kappa shape index (κ1) is 22.2. The molecule has 2 aliphatic heterocycles. The van der Waals surface area contributed by atoms with Crippen LogP contribution < -0.4 is 0 Å². The van der Waals surface area contributed by atoms with Crippen molar-refractivity contribution in [3.8, 4) is 0 Å². The number of hydrogen-bond acceptors (Lipinski definition) is 12. The molecule has 3 unspecified atom stereocenters. The second kappa shape index (κ2) is 12.5. The lowest BCUT2D eigenvalue weighted by atomic mass is 10.1. The molecule has 26 heavy (non-hydrogen) atoms. The van der Waals surface area contributed by atoms with Gasteiger partial charge in [0.05, 0.1) is 32.8 Å². The van der Waals surface area contributed by atoms with Crippen LogP contribution in [-0.4, -0.2) is 74.6 Å². The fourth-order valence-corrected chi connectivity index (χ4v) is 2.43. The van der Waals surface area contributed by atoms with E-state index in [4.69, 9.17) is 18.9 Å². The van der Waals surface area contributed by atoms with Crippen LogP contribution >= 0.6 is 0 Å². The Kier molecular flexibility index (Phi) is 10.6. The van der Waals surface area contributed by atoms with Crippen molar-refractivity contribution in [2.45, 2.75) is 50.8 Å². The van der Waals surface area contributed by atoms with E-state index in [0.717, 1.165) is 0 Å². The predicted molar refractivity (Wildman–Crippen MR) is 84.6 cm³/mol. The monoisotopic (exact) mass is 380 g/mol. The van der Waals surface area contributed by atoms with Gasteiger partial charge < -0.3 is 33.7 Å². The minimum absolute atomic E-state index is 0.00276. The largest absolute Gasteiger partial charge is 0.457 e. The molecule has 2 rings (SSSR count). The Bertz CT molecular complexity index is 438. The highest BCUT2D eigenvalue weighted by Crippen LogP contribution is 2.28. The molecule has 150 valence electrons. The highest BCUT2D eigenvalue weighted by atomic mass is 16.8. The number of hydrogen-bond donors (Lipinski definition) is 1. The molecule has 2 aliphatic rings. The average molecular weight is 380 g/mol. The van der Waals surface area contributed by atoms with Crippen molar-refractivity contribution < 1.29 is 38.5 Å². The van der Waals surface area contributed by atoms with Crippen LogP contribution in [0.4, 0.5) is 0 Å². The molecule has 0 saturated carbocycles. The zero-order valence-corrected chi connectivity index (χ0v) is 14.6. The zero-order valence-electron chi connectivity index (χ0n) is 14.6. The van der Waals surface area contributed by atoms with Gasteiger partial charge in [0.2, 0.25) is 0 Å². The topological polar surface area (TPSA) is 152 Å². The van der Waals surface area contributed by atoms with Crippen LogP contribution in [0.5, 0.6) is 0 Å². The van der Waals surface area contributed by atoms with E-state index in [1.807, 2.05) is 13.8 Å². The van der Waals surface area contributed by atoms with Crippen LogP contribution in [0.25, 0.3) is 0 Å². The quantitative estimate of drug-likeness (QED) is 0.228. The van der Waals surface area contributed by atoms with E-state index in [9.17, 15) is 19.7 Å². The first-order valence-electron chi connectivity index (χ1n) is 8.27. The number of nitrogens with zero attached hydrogens (tertiary/aromatic N) is 2. The summed E-state index contributed by atoms with van der Waals surface area (Å²) >= 11 is 0. The molecule has 0 amide bonds. The number of rotatable bonds is 11. The second-order valence-corrected chi connectivity index (χ2v) is 5.19. The van der Waals surface area contributed by atoms with Gasteiger partial charge in [0.15, 0.2) is 29.5 Å². The molecule has 2 heterocycles. The molecule has 2 saturated heterocycles.